The Morgan fingerprint density at radius 1 is 1.00 bits per heavy atom. The number of hydrogen-bond acceptors (Lipinski definition) is 5. The van der Waals surface area contributed by atoms with Crippen molar-refractivity contribution in [3.05, 3.63) is 94.7 Å². The Hall–Kier alpha value is -4.11. The van der Waals surface area contributed by atoms with E-state index in [1.54, 1.807) is 32.4 Å². The van der Waals surface area contributed by atoms with Crippen molar-refractivity contribution in [1.82, 2.24) is 15.1 Å². The number of nitrogens with zero attached hydrogens (tertiary/aromatic N) is 2. The minimum atomic E-state index is -0.791. The molecular weight excluding hydrogens is 552 g/mol. The molecule has 0 aliphatic rings. The lowest BCUT2D eigenvalue weighted by Gasteiger charge is -2.16. The lowest BCUT2D eigenvalue weighted by Crippen LogP contribution is -2.26. The van der Waals surface area contributed by atoms with Crippen LogP contribution in [0.1, 0.15) is 70.9 Å². The van der Waals surface area contributed by atoms with Crippen molar-refractivity contribution in [1.29, 1.82) is 0 Å². The molecule has 9 heteroatoms. The van der Waals surface area contributed by atoms with Gasteiger partial charge in [0.1, 0.15) is 5.75 Å². The van der Waals surface area contributed by atoms with Crippen molar-refractivity contribution in [2.75, 3.05) is 20.3 Å². The number of fused-ring (bicyclic) bond motifs is 1. The number of aromatic nitrogens is 2. The fourth-order valence-corrected chi connectivity index (χ4v) is 4.80. The lowest BCUT2D eigenvalue weighted by atomic mass is 9.95. The van der Waals surface area contributed by atoms with Gasteiger partial charge in [-0.1, -0.05) is 49.2 Å². The van der Waals surface area contributed by atoms with Gasteiger partial charge < -0.3 is 15.2 Å². The number of nitrogens with one attached hydrogen (secondary N) is 1. The number of methoxy groups -OCH3 is 1. The summed E-state index contributed by atoms with van der Waals surface area (Å²) in [6.07, 6.45) is 6.18. The summed E-state index contributed by atoms with van der Waals surface area (Å²) in [6, 6.07) is 14.9. The van der Waals surface area contributed by atoms with Gasteiger partial charge in [0.05, 0.1) is 23.1 Å². The number of ether oxygens (including phenoxy) is 1. The van der Waals surface area contributed by atoms with Gasteiger partial charge in [-0.05, 0) is 68.9 Å². The van der Waals surface area contributed by atoms with Gasteiger partial charge in [-0.25, -0.2) is 8.78 Å². The van der Waals surface area contributed by atoms with E-state index in [1.807, 2.05) is 35.9 Å². The Morgan fingerprint density at radius 2 is 1.72 bits per heavy atom. The van der Waals surface area contributed by atoms with Crippen LogP contribution in [0, 0.1) is 31.4 Å². The maximum Gasteiger partial charge on any atom is 0.255 e. The van der Waals surface area contributed by atoms with Crippen LogP contribution in [0.5, 0.6) is 5.75 Å². The Bertz CT molecular complexity index is 1500. The highest BCUT2D eigenvalue weighted by Gasteiger charge is 2.17. The van der Waals surface area contributed by atoms with E-state index in [-0.39, 0.29) is 23.0 Å². The van der Waals surface area contributed by atoms with Gasteiger partial charge in [-0.3, -0.25) is 14.3 Å². The average molecular weight is 594 g/mol. The third-order valence-electron chi connectivity index (χ3n) is 7.15. The maximum atomic E-state index is 12.5. The van der Waals surface area contributed by atoms with Crippen molar-refractivity contribution in [3.63, 3.8) is 0 Å². The molecule has 7 nitrogen and oxygen atoms in total. The molecule has 1 aromatic heterocycles. The molecule has 230 valence electrons. The molecule has 1 heterocycles. The van der Waals surface area contributed by atoms with Crippen LogP contribution in [0.15, 0.2) is 60.8 Å². The summed E-state index contributed by atoms with van der Waals surface area (Å²) < 4.78 is 31.1. The molecule has 0 radical (unpaired) electrons. The molecule has 2 N–H and O–H groups in total. The molecule has 4 rings (SSSR count). The summed E-state index contributed by atoms with van der Waals surface area (Å²) in [5.41, 5.74) is 3.53. The predicted molar refractivity (Wildman–Crippen MR) is 164 cm³/mol. The highest BCUT2D eigenvalue weighted by Crippen LogP contribution is 2.29. The number of carbonyl (C=O) groups excluding carboxylic acids is 2. The Morgan fingerprint density at radius 3 is 2.37 bits per heavy atom. The van der Waals surface area contributed by atoms with Gasteiger partial charge in [0.15, 0.2) is 17.4 Å². The van der Waals surface area contributed by atoms with Gasteiger partial charge in [0, 0.05) is 38.4 Å². The van der Waals surface area contributed by atoms with Crippen molar-refractivity contribution < 1.29 is 28.2 Å². The van der Waals surface area contributed by atoms with Crippen molar-refractivity contribution in [2.45, 2.75) is 59.4 Å². The average Bonchev–Trinajstić information content (AvgIpc) is 3.39. The van der Waals surface area contributed by atoms with Crippen LogP contribution in [0.25, 0.3) is 10.9 Å². The van der Waals surface area contributed by atoms with Crippen LogP contribution in [-0.2, 0) is 11.3 Å². The quantitative estimate of drug-likeness (QED) is 0.127. The highest BCUT2D eigenvalue weighted by molar-refractivity contribution is 6.02. The number of phenols is 1. The van der Waals surface area contributed by atoms with E-state index in [4.69, 9.17) is 4.74 Å². The van der Waals surface area contributed by atoms with E-state index in [9.17, 15) is 23.5 Å². The van der Waals surface area contributed by atoms with Crippen LogP contribution < -0.4 is 5.32 Å². The second-order valence-electron chi connectivity index (χ2n) is 10.7. The second kappa shape index (κ2) is 16.5. The monoisotopic (exact) mass is 593 g/mol. The van der Waals surface area contributed by atoms with E-state index in [0.717, 1.165) is 54.5 Å². The fourth-order valence-electron chi connectivity index (χ4n) is 4.80. The second-order valence-corrected chi connectivity index (χ2v) is 10.7. The van der Waals surface area contributed by atoms with E-state index in [2.05, 4.69) is 17.3 Å². The molecule has 0 bridgehead atoms. The number of halogens is 2. The zero-order chi connectivity index (χ0) is 31.4. The number of phenolic OH excluding ortho intramolecular Hbond substituents is 1. The summed E-state index contributed by atoms with van der Waals surface area (Å²) in [5.74, 6) is -1.42. The summed E-state index contributed by atoms with van der Waals surface area (Å²) in [5, 5.41) is 18.6. The molecule has 0 saturated heterocycles. The Balaban J connectivity index is 0.000000480. The molecule has 1 amide bonds. The van der Waals surface area contributed by atoms with Crippen LogP contribution in [-0.4, -0.2) is 46.8 Å². The fraction of sp³-hybridized carbons (Fsp3) is 0.382. The SMILES string of the molecule is CCCC(CCCC(=O)c1ccc(C)cc1)Cn1cc2c(O)c(C(=O)NCCOC)ccc2n1.Cc1ccc(F)c(F)c1. The minimum absolute atomic E-state index is 0.0607. The molecule has 1 atom stereocenters. The van der Waals surface area contributed by atoms with Crippen LogP contribution >= 0.6 is 0 Å². The van der Waals surface area contributed by atoms with E-state index in [0.29, 0.717) is 42.9 Å². The zero-order valence-electron chi connectivity index (χ0n) is 25.3. The number of ketones is 1. The van der Waals surface area contributed by atoms with Crippen LogP contribution in [0.2, 0.25) is 0 Å². The van der Waals surface area contributed by atoms with Crippen molar-refractivity contribution in [3.8, 4) is 5.75 Å². The third kappa shape index (κ3) is 9.99. The number of benzene rings is 3. The number of Topliss-reactive ketones (excluding diaryl/α,β-unsaturated/α-hetero) is 1. The standard InChI is InChI=1S/C27H35N3O4.C7H6F2/c1-4-6-20(7-5-8-25(31)21-11-9-19(2)10-12-21)17-30-18-23-24(29-30)14-13-22(26(23)32)27(33)28-15-16-34-3;1-5-2-3-6(8)7(9)4-5/h9-14,18,20,32H,4-8,15-17H2,1-3H3,(H,28,33);2-4H,1H3. The van der Waals surface area contributed by atoms with Gasteiger partial charge in [0.25, 0.3) is 5.91 Å². The number of amides is 1. The summed E-state index contributed by atoms with van der Waals surface area (Å²) in [6.45, 7) is 7.36. The summed E-state index contributed by atoms with van der Waals surface area (Å²) in [4.78, 5) is 24.9. The van der Waals surface area contributed by atoms with E-state index in [1.165, 1.54) is 6.07 Å². The lowest BCUT2D eigenvalue weighted by molar-refractivity contribution is 0.0933. The molecule has 43 heavy (non-hydrogen) atoms. The van der Waals surface area contributed by atoms with Crippen LogP contribution in [0.3, 0.4) is 0 Å². The molecule has 4 aromatic rings. The van der Waals surface area contributed by atoms with E-state index >= 15 is 0 Å². The molecule has 0 spiro atoms. The topological polar surface area (TPSA) is 93.5 Å². The van der Waals surface area contributed by atoms with Gasteiger partial charge >= 0.3 is 0 Å². The summed E-state index contributed by atoms with van der Waals surface area (Å²) >= 11 is 0. The summed E-state index contributed by atoms with van der Waals surface area (Å²) in [7, 11) is 1.57. The molecule has 0 aliphatic heterocycles. The number of rotatable bonds is 13. The largest absolute Gasteiger partial charge is 0.506 e. The first kappa shape index (κ1) is 33.4. The molecule has 0 fully saturated rings. The Kier molecular flexibility index (Phi) is 12.8. The first-order valence-electron chi connectivity index (χ1n) is 14.6. The molecular formula is C34H41F2N3O4. The molecule has 3 aromatic carbocycles. The van der Waals surface area contributed by atoms with E-state index < -0.39 is 11.6 Å². The number of aromatic hydroxyl groups is 1. The van der Waals surface area contributed by atoms with Crippen molar-refractivity contribution in [2.24, 2.45) is 5.92 Å². The van der Waals surface area contributed by atoms with Gasteiger partial charge in [-0.15, -0.1) is 0 Å². The van der Waals surface area contributed by atoms with Crippen LogP contribution in [0.4, 0.5) is 8.78 Å². The van der Waals surface area contributed by atoms with Gasteiger partial charge in [0.2, 0.25) is 0 Å². The number of hydrogen-bond donors (Lipinski definition) is 2. The van der Waals surface area contributed by atoms with Gasteiger partial charge in [-0.2, -0.15) is 5.10 Å². The molecule has 0 aliphatic carbocycles. The first-order chi connectivity index (χ1) is 20.6. The smallest absolute Gasteiger partial charge is 0.255 e. The molecule has 0 saturated carbocycles. The number of carbonyl (C=O) groups is 2. The molecule has 1 unspecified atom stereocenters. The minimum Gasteiger partial charge on any atom is -0.506 e. The first-order valence-corrected chi connectivity index (χ1v) is 14.6. The maximum absolute atomic E-state index is 12.5. The highest BCUT2D eigenvalue weighted by atomic mass is 19.2. The Labute approximate surface area is 251 Å². The predicted octanol–water partition coefficient (Wildman–Crippen LogP) is 7.17. The normalized spacial score (nSPS) is 11.6. The third-order valence-corrected chi connectivity index (χ3v) is 7.15. The van der Waals surface area contributed by atoms with Crippen molar-refractivity contribution >= 4 is 22.6 Å². The zero-order valence-corrected chi connectivity index (χ0v) is 25.3. The number of aryl methyl sites for hydroxylation is 2.